The molecule has 0 aliphatic carbocycles. The molecule has 3 aromatic rings. The fraction of sp³-hybridized carbons (Fsp3) is 0.200. The number of nitro benzene ring substituents is 1. The summed E-state index contributed by atoms with van der Waals surface area (Å²) >= 11 is 1.61. The second-order valence-corrected chi connectivity index (χ2v) is 6.52. The Morgan fingerprint density at radius 1 is 1.46 bits per heavy atom. The van der Waals surface area contributed by atoms with Crippen LogP contribution >= 0.6 is 11.8 Å². The topological polar surface area (TPSA) is 102 Å². The first-order valence-corrected chi connectivity index (χ1v) is 8.25. The molecule has 24 heavy (non-hydrogen) atoms. The number of aromatic amines is 1. The predicted octanol–water partition coefficient (Wildman–Crippen LogP) is 2.41. The number of nitro groups is 1. The molecule has 1 aliphatic heterocycles. The molecule has 0 saturated heterocycles. The van der Waals surface area contributed by atoms with Crippen molar-refractivity contribution in [3.63, 3.8) is 0 Å². The maximum Gasteiger partial charge on any atom is 0.293 e. The van der Waals surface area contributed by atoms with Crippen molar-refractivity contribution in [1.82, 2.24) is 19.7 Å². The summed E-state index contributed by atoms with van der Waals surface area (Å²) in [6.07, 6.45) is 3.02. The van der Waals surface area contributed by atoms with E-state index >= 15 is 0 Å². The monoisotopic (exact) mass is 341 g/mol. The summed E-state index contributed by atoms with van der Waals surface area (Å²) in [5, 5.41) is 17.1. The van der Waals surface area contributed by atoms with E-state index in [1.807, 2.05) is 12.1 Å². The van der Waals surface area contributed by atoms with Gasteiger partial charge in [-0.3, -0.25) is 15.1 Å². The van der Waals surface area contributed by atoms with Crippen LogP contribution in [0, 0.1) is 17.0 Å². The summed E-state index contributed by atoms with van der Waals surface area (Å²) in [6.45, 7) is 4.35. The van der Waals surface area contributed by atoms with Gasteiger partial charge in [-0.1, -0.05) is 0 Å². The minimum Gasteiger partial charge on any atom is -0.347 e. The second-order valence-electron chi connectivity index (χ2n) is 5.51. The lowest BCUT2D eigenvalue weighted by molar-refractivity contribution is -0.383. The Labute approximate surface area is 141 Å². The number of fused-ring (bicyclic) bond motifs is 1. The summed E-state index contributed by atoms with van der Waals surface area (Å²) in [6, 6.07) is 5.41. The zero-order valence-corrected chi connectivity index (χ0v) is 13.4. The number of rotatable bonds is 4. The quantitative estimate of drug-likeness (QED) is 0.580. The minimum atomic E-state index is -0.374. The van der Waals surface area contributed by atoms with Crippen molar-refractivity contribution in [3.8, 4) is 0 Å². The normalized spacial score (nSPS) is 17.4. The summed E-state index contributed by atoms with van der Waals surface area (Å²) < 4.78 is 1.63. The van der Waals surface area contributed by atoms with Gasteiger partial charge in [0.2, 0.25) is 0 Å². The molecular formula is C15H13N6O2S. The molecule has 4 rings (SSSR count). The van der Waals surface area contributed by atoms with Gasteiger partial charge >= 0.3 is 0 Å². The van der Waals surface area contributed by atoms with E-state index in [1.54, 1.807) is 28.8 Å². The fourth-order valence-corrected chi connectivity index (χ4v) is 3.61. The number of hydrogen-bond acceptors (Lipinski definition) is 6. The molecule has 1 aromatic carbocycles. The van der Waals surface area contributed by atoms with Gasteiger partial charge in [0.15, 0.2) is 0 Å². The number of H-pyrrole nitrogens is 1. The van der Waals surface area contributed by atoms with Gasteiger partial charge in [0.25, 0.3) is 5.69 Å². The van der Waals surface area contributed by atoms with Crippen LogP contribution in [0.3, 0.4) is 0 Å². The lowest BCUT2D eigenvalue weighted by atomic mass is 10.1. The molecular weight excluding hydrogens is 328 g/mol. The molecule has 8 nitrogen and oxygen atoms in total. The molecule has 9 heteroatoms. The molecule has 1 aliphatic rings. The van der Waals surface area contributed by atoms with E-state index in [9.17, 15) is 10.1 Å². The van der Waals surface area contributed by atoms with Gasteiger partial charge in [-0.2, -0.15) is 5.10 Å². The van der Waals surface area contributed by atoms with E-state index in [4.69, 9.17) is 0 Å². The number of nitrogens with one attached hydrogen (secondary N) is 1. The van der Waals surface area contributed by atoms with E-state index in [2.05, 4.69) is 27.0 Å². The van der Waals surface area contributed by atoms with Gasteiger partial charge in [-0.25, -0.2) is 9.67 Å². The van der Waals surface area contributed by atoms with Gasteiger partial charge in [0.05, 0.1) is 23.2 Å². The third kappa shape index (κ3) is 2.67. The van der Waals surface area contributed by atoms with Crippen LogP contribution in [0.15, 0.2) is 35.8 Å². The van der Waals surface area contributed by atoms with Crippen LogP contribution in [-0.2, 0) is 6.54 Å². The van der Waals surface area contributed by atoms with E-state index in [0.29, 0.717) is 12.1 Å². The highest BCUT2D eigenvalue weighted by Crippen LogP contribution is 2.31. The van der Waals surface area contributed by atoms with E-state index < -0.39 is 0 Å². The molecule has 0 bridgehead atoms. The molecule has 1 atom stereocenters. The smallest absolute Gasteiger partial charge is 0.293 e. The van der Waals surface area contributed by atoms with Crippen molar-refractivity contribution in [2.24, 2.45) is 4.99 Å². The molecule has 3 heterocycles. The summed E-state index contributed by atoms with van der Waals surface area (Å²) in [7, 11) is 0. The average molecular weight is 341 g/mol. The van der Waals surface area contributed by atoms with Crippen molar-refractivity contribution in [2.75, 3.05) is 5.75 Å². The van der Waals surface area contributed by atoms with Crippen LogP contribution in [0.4, 0.5) is 5.69 Å². The van der Waals surface area contributed by atoms with Gasteiger partial charge in [-0.05, 0) is 24.6 Å². The minimum absolute atomic E-state index is 0.0225. The first-order chi connectivity index (χ1) is 11.6. The maximum atomic E-state index is 11.5. The highest BCUT2D eigenvalue weighted by molar-refractivity contribution is 8.14. The molecule has 121 valence electrons. The number of aromatic nitrogens is 4. The van der Waals surface area contributed by atoms with Crippen LogP contribution in [0.5, 0.6) is 0 Å². The third-order valence-electron chi connectivity index (χ3n) is 3.72. The molecule has 0 fully saturated rings. The van der Waals surface area contributed by atoms with E-state index in [-0.39, 0.29) is 16.7 Å². The molecule has 0 unspecified atom stereocenters. The Morgan fingerprint density at radius 3 is 3.00 bits per heavy atom. The number of nitrogens with zero attached hydrogens (tertiary/aromatic N) is 5. The van der Waals surface area contributed by atoms with E-state index in [1.165, 1.54) is 6.33 Å². The van der Waals surface area contributed by atoms with Crippen molar-refractivity contribution in [1.29, 1.82) is 0 Å². The van der Waals surface area contributed by atoms with Gasteiger partial charge < -0.3 is 4.98 Å². The number of thioether (sulfide) groups is 1. The zero-order chi connectivity index (χ0) is 16.7. The van der Waals surface area contributed by atoms with Gasteiger partial charge in [-0.15, -0.1) is 11.8 Å². The second kappa shape index (κ2) is 5.75. The number of hydrogen-bond donors (Lipinski definition) is 1. The summed E-state index contributed by atoms with van der Waals surface area (Å²) in [4.78, 5) is 22.6. The lowest BCUT2D eigenvalue weighted by Crippen LogP contribution is -2.01. The first kappa shape index (κ1) is 14.9. The molecule has 1 radical (unpaired) electrons. The largest absolute Gasteiger partial charge is 0.347 e. The standard InChI is InChI=1S/C15H13N6O2S/c1-9-6-24-15(18-9)12-4-11-2-10(5-20-8-16-7-17-20)3-13(21(22)23)14(11)19-12/h2-4,7-9,19H,1,5-6H2/t9-/m1/s1. The Balaban J connectivity index is 1.80. The zero-order valence-electron chi connectivity index (χ0n) is 12.5. The third-order valence-corrected chi connectivity index (χ3v) is 4.87. The number of non-ortho nitro benzene ring substituents is 1. The highest BCUT2D eigenvalue weighted by Gasteiger charge is 2.21. The SMILES string of the molecule is [CH2][C@@H]1CSC(c2cc3cc(Cn4cncn4)cc([N+](=O)[O-])c3[nH]2)=N1. The molecule has 0 spiro atoms. The Kier molecular flexibility index (Phi) is 3.57. The highest BCUT2D eigenvalue weighted by atomic mass is 32.2. The van der Waals surface area contributed by atoms with Crippen LogP contribution in [-0.4, -0.2) is 41.5 Å². The lowest BCUT2D eigenvalue weighted by Gasteiger charge is -2.02. The fourth-order valence-electron chi connectivity index (χ4n) is 2.70. The molecule has 0 saturated carbocycles. The van der Waals surface area contributed by atoms with Crippen LogP contribution in [0.25, 0.3) is 10.9 Å². The van der Waals surface area contributed by atoms with Crippen molar-refractivity contribution >= 4 is 33.4 Å². The van der Waals surface area contributed by atoms with E-state index in [0.717, 1.165) is 27.4 Å². The van der Waals surface area contributed by atoms with Crippen LogP contribution in [0.2, 0.25) is 0 Å². The summed E-state index contributed by atoms with van der Waals surface area (Å²) in [5.41, 5.74) is 2.14. The van der Waals surface area contributed by atoms with Crippen LogP contribution < -0.4 is 0 Å². The van der Waals surface area contributed by atoms with Crippen LogP contribution in [0.1, 0.15) is 11.3 Å². The van der Waals surface area contributed by atoms with Crippen molar-refractivity contribution in [3.05, 3.63) is 59.1 Å². The van der Waals surface area contributed by atoms with Gasteiger partial charge in [0, 0.05) is 17.2 Å². The maximum absolute atomic E-state index is 11.5. The molecule has 0 amide bonds. The van der Waals surface area contributed by atoms with Crippen molar-refractivity contribution in [2.45, 2.75) is 12.6 Å². The average Bonchev–Trinajstić information content (AvgIpc) is 3.26. The Hall–Kier alpha value is -2.68. The predicted molar refractivity (Wildman–Crippen MR) is 92.2 cm³/mol. The van der Waals surface area contributed by atoms with Crippen molar-refractivity contribution < 1.29 is 4.92 Å². The number of benzene rings is 1. The summed E-state index contributed by atoms with van der Waals surface area (Å²) in [5.74, 6) is 0.824. The molecule has 1 N–H and O–H groups in total. The molecule has 2 aromatic heterocycles. The first-order valence-electron chi connectivity index (χ1n) is 7.26. The Bertz CT molecular complexity index is 946. The number of aliphatic imine (C=N–C) groups is 1. The Morgan fingerprint density at radius 2 is 2.33 bits per heavy atom. The van der Waals surface area contributed by atoms with Gasteiger partial charge in [0.1, 0.15) is 23.2 Å².